The van der Waals surface area contributed by atoms with E-state index in [-0.39, 0.29) is 34.8 Å². The summed E-state index contributed by atoms with van der Waals surface area (Å²) in [7, 11) is 0. The number of ether oxygens (including phenoxy) is 1. The predicted octanol–water partition coefficient (Wildman–Crippen LogP) is 6.44. The minimum absolute atomic E-state index is 0.0146. The molecule has 0 fully saturated rings. The second-order valence-electron chi connectivity index (χ2n) is 8.00. The Morgan fingerprint density at radius 3 is 2.57 bits per heavy atom. The summed E-state index contributed by atoms with van der Waals surface area (Å²) in [6.07, 6.45) is -1.05. The topological polar surface area (TPSA) is 83.0 Å². The van der Waals surface area contributed by atoms with E-state index in [1.807, 2.05) is 0 Å². The van der Waals surface area contributed by atoms with Crippen LogP contribution in [0.1, 0.15) is 34.3 Å². The lowest BCUT2D eigenvalue weighted by molar-refractivity contribution is -0.143. The number of aromatic nitrogens is 4. The van der Waals surface area contributed by atoms with Crippen LogP contribution in [0, 0.1) is 0 Å². The molecule has 3 aromatic heterocycles. The number of fused-ring (bicyclic) bond motifs is 1. The van der Waals surface area contributed by atoms with Gasteiger partial charge in [0.2, 0.25) is 11.7 Å². The van der Waals surface area contributed by atoms with E-state index in [1.165, 1.54) is 30.7 Å². The van der Waals surface area contributed by atoms with Gasteiger partial charge in [-0.25, -0.2) is 15.0 Å². The Morgan fingerprint density at radius 2 is 1.89 bits per heavy atom. The number of hydrogen-bond acceptors (Lipinski definition) is 6. The average molecular weight is 527 g/mol. The second kappa shape index (κ2) is 9.70. The maximum absolute atomic E-state index is 14.6. The number of oxazole rings is 1. The number of benzene rings is 2. The van der Waals surface area contributed by atoms with Gasteiger partial charge in [0.25, 0.3) is 0 Å². The van der Waals surface area contributed by atoms with Gasteiger partial charge in [0.15, 0.2) is 5.76 Å². The van der Waals surface area contributed by atoms with Gasteiger partial charge in [-0.3, -0.25) is 4.79 Å². The van der Waals surface area contributed by atoms with E-state index in [0.717, 1.165) is 10.8 Å². The number of hydrogen-bond donors (Lipinski definition) is 0. The SMILES string of the molecule is CCOc1ccc2c(c1)c(C(=O)c1cnc(-c3ccncn3)o1)c(C(F)(F)F)n2Cc1ccc(Cl)cc1. The molecule has 0 aliphatic heterocycles. The zero-order chi connectivity index (χ0) is 26.2. The van der Waals surface area contributed by atoms with Crippen molar-refractivity contribution in [2.24, 2.45) is 0 Å². The molecule has 7 nitrogen and oxygen atoms in total. The molecule has 188 valence electrons. The summed E-state index contributed by atoms with van der Waals surface area (Å²) < 4.78 is 56.0. The molecule has 0 radical (unpaired) electrons. The first-order valence-corrected chi connectivity index (χ1v) is 11.5. The first-order chi connectivity index (χ1) is 17.8. The molecule has 0 aliphatic rings. The smallest absolute Gasteiger partial charge is 0.432 e. The van der Waals surface area contributed by atoms with Crippen LogP contribution >= 0.6 is 11.6 Å². The number of ketones is 1. The molecule has 0 aliphatic carbocycles. The molecule has 5 rings (SSSR count). The molecule has 0 bridgehead atoms. The molecule has 3 heterocycles. The fourth-order valence-corrected chi connectivity index (χ4v) is 4.22. The number of carbonyl (C=O) groups is 1. The number of carbonyl (C=O) groups excluding carboxylic acids is 1. The van der Waals surface area contributed by atoms with Crippen molar-refractivity contribution in [2.75, 3.05) is 6.61 Å². The Kier molecular flexibility index (Phi) is 6.43. The molecule has 37 heavy (non-hydrogen) atoms. The molecule has 5 aromatic rings. The summed E-state index contributed by atoms with van der Waals surface area (Å²) in [6.45, 7) is 1.91. The van der Waals surface area contributed by atoms with Crippen molar-refractivity contribution in [3.8, 4) is 17.3 Å². The zero-order valence-electron chi connectivity index (χ0n) is 19.3. The highest BCUT2D eigenvalue weighted by molar-refractivity contribution is 6.30. The van der Waals surface area contributed by atoms with Crippen molar-refractivity contribution >= 4 is 28.3 Å². The van der Waals surface area contributed by atoms with Gasteiger partial charge in [0, 0.05) is 28.7 Å². The van der Waals surface area contributed by atoms with Crippen molar-refractivity contribution in [2.45, 2.75) is 19.6 Å². The van der Waals surface area contributed by atoms with Gasteiger partial charge in [-0.1, -0.05) is 23.7 Å². The lowest BCUT2D eigenvalue weighted by Gasteiger charge is -2.15. The molecule has 0 saturated heterocycles. The highest BCUT2D eigenvalue weighted by Crippen LogP contribution is 2.41. The number of rotatable bonds is 7. The molecule has 0 atom stereocenters. The van der Waals surface area contributed by atoms with Gasteiger partial charge in [-0.15, -0.1) is 0 Å². The van der Waals surface area contributed by atoms with E-state index in [2.05, 4.69) is 15.0 Å². The minimum atomic E-state index is -4.86. The lowest BCUT2D eigenvalue weighted by atomic mass is 10.0. The Morgan fingerprint density at radius 1 is 1.11 bits per heavy atom. The van der Waals surface area contributed by atoms with Crippen LogP contribution in [0.25, 0.3) is 22.5 Å². The summed E-state index contributed by atoms with van der Waals surface area (Å²) in [4.78, 5) is 25.5. The van der Waals surface area contributed by atoms with Gasteiger partial charge < -0.3 is 13.7 Å². The minimum Gasteiger partial charge on any atom is -0.494 e. The molecule has 0 unspecified atom stereocenters. The van der Waals surface area contributed by atoms with E-state index in [1.54, 1.807) is 37.3 Å². The molecule has 0 N–H and O–H groups in total. The summed E-state index contributed by atoms with van der Waals surface area (Å²) in [5, 5.41) is 0.538. The first kappa shape index (κ1) is 24.5. The van der Waals surface area contributed by atoms with E-state index >= 15 is 0 Å². The fourth-order valence-electron chi connectivity index (χ4n) is 4.09. The number of alkyl halides is 3. The van der Waals surface area contributed by atoms with Crippen LogP contribution in [-0.4, -0.2) is 31.9 Å². The quantitative estimate of drug-likeness (QED) is 0.227. The van der Waals surface area contributed by atoms with Crippen LogP contribution in [0.5, 0.6) is 5.75 Å². The number of halogens is 4. The lowest BCUT2D eigenvalue weighted by Crippen LogP contribution is -2.18. The Hall–Kier alpha value is -4.18. The predicted molar refractivity (Wildman–Crippen MR) is 130 cm³/mol. The van der Waals surface area contributed by atoms with Crippen LogP contribution < -0.4 is 4.74 Å². The molecular weight excluding hydrogens is 509 g/mol. The Bertz CT molecular complexity index is 1580. The Labute approximate surface area is 213 Å². The molecule has 2 aromatic carbocycles. The third-order valence-electron chi connectivity index (χ3n) is 5.63. The highest BCUT2D eigenvalue weighted by atomic mass is 35.5. The summed E-state index contributed by atoms with van der Waals surface area (Å²) >= 11 is 5.95. The van der Waals surface area contributed by atoms with E-state index in [4.69, 9.17) is 20.8 Å². The fraction of sp³-hybridized carbons (Fsp3) is 0.154. The third-order valence-corrected chi connectivity index (χ3v) is 5.88. The number of nitrogens with zero attached hydrogens (tertiary/aromatic N) is 4. The van der Waals surface area contributed by atoms with Crippen LogP contribution in [0.15, 0.2) is 71.7 Å². The van der Waals surface area contributed by atoms with Crippen molar-refractivity contribution in [1.82, 2.24) is 19.5 Å². The standard InChI is InChI=1S/C26H18ClF3N4O3/c1-2-36-17-7-8-20-18(11-17)22(23(35)21-12-32-25(37-21)19-9-10-31-14-33-19)24(26(28,29)30)34(20)13-15-3-5-16(27)6-4-15/h3-12,14H,2,13H2,1H3. The first-order valence-electron chi connectivity index (χ1n) is 11.1. The van der Waals surface area contributed by atoms with E-state index in [9.17, 15) is 18.0 Å². The van der Waals surface area contributed by atoms with Crippen LogP contribution in [-0.2, 0) is 12.7 Å². The summed E-state index contributed by atoms with van der Waals surface area (Å²) in [6, 6.07) is 12.5. The summed E-state index contributed by atoms with van der Waals surface area (Å²) in [5.74, 6) is -1.00. The van der Waals surface area contributed by atoms with Crippen LogP contribution in [0.2, 0.25) is 5.02 Å². The van der Waals surface area contributed by atoms with Crippen molar-refractivity contribution in [1.29, 1.82) is 0 Å². The average Bonchev–Trinajstić information content (AvgIpc) is 3.49. The van der Waals surface area contributed by atoms with Crippen LogP contribution in [0.3, 0.4) is 0 Å². The van der Waals surface area contributed by atoms with Gasteiger partial charge in [0.05, 0.1) is 18.4 Å². The molecule has 0 amide bonds. The van der Waals surface area contributed by atoms with Crippen LogP contribution in [0.4, 0.5) is 13.2 Å². The molecule has 0 saturated carbocycles. The van der Waals surface area contributed by atoms with E-state index < -0.39 is 23.2 Å². The summed E-state index contributed by atoms with van der Waals surface area (Å²) in [5.41, 5.74) is -0.580. The Balaban J connectivity index is 1.71. The molecular formula is C26H18ClF3N4O3. The van der Waals surface area contributed by atoms with Gasteiger partial charge >= 0.3 is 6.18 Å². The zero-order valence-corrected chi connectivity index (χ0v) is 20.0. The van der Waals surface area contributed by atoms with Gasteiger partial charge in [0.1, 0.15) is 23.5 Å². The van der Waals surface area contributed by atoms with Gasteiger partial charge in [-0.2, -0.15) is 13.2 Å². The molecule has 0 spiro atoms. The highest BCUT2D eigenvalue weighted by Gasteiger charge is 2.42. The molecule has 11 heteroatoms. The maximum Gasteiger partial charge on any atom is 0.432 e. The van der Waals surface area contributed by atoms with Crippen molar-refractivity contribution < 1.29 is 27.1 Å². The third kappa shape index (κ3) is 4.79. The largest absolute Gasteiger partial charge is 0.494 e. The van der Waals surface area contributed by atoms with E-state index in [0.29, 0.717) is 22.9 Å². The normalized spacial score (nSPS) is 11.7. The van der Waals surface area contributed by atoms with Crippen molar-refractivity contribution in [3.05, 3.63) is 94.9 Å². The second-order valence-corrected chi connectivity index (χ2v) is 8.44. The van der Waals surface area contributed by atoms with Gasteiger partial charge in [-0.05, 0) is 48.9 Å². The van der Waals surface area contributed by atoms with Crippen molar-refractivity contribution in [3.63, 3.8) is 0 Å². The maximum atomic E-state index is 14.6. The monoisotopic (exact) mass is 526 g/mol.